The molecule has 1 unspecified atom stereocenters. The Morgan fingerprint density at radius 2 is 1.65 bits per heavy atom. The molecule has 1 aliphatic rings. The molecule has 0 saturated carbocycles. The van der Waals surface area contributed by atoms with Gasteiger partial charge in [0.2, 0.25) is 0 Å². The molecule has 146 valence electrons. The highest BCUT2D eigenvalue weighted by Gasteiger charge is 2.37. The summed E-state index contributed by atoms with van der Waals surface area (Å²) in [7, 11) is 2.19. The van der Waals surface area contributed by atoms with Crippen molar-refractivity contribution in [2.24, 2.45) is 0 Å². The first-order chi connectivity index (χ1) is 12.2. The molecule has 2 heterocycles. The fraction of sp³-hybridized carbons (Fsp3) is 0.562. The molecule has 0 bridgehead atoms. The van der Waals surface area contributed by atoms with Crippen LogP contribution in [0, 0.1) is 0 Å². The van der Waals surface area contributed by atoms with E-state index in [0.29, 0.717) is 6.04 Å². The van der Waals surface area contributed by atoms with E-state index < -0.39 is 36.4 Å². The van der Waals surface area contributed by atoms with Crippen LogP contribution in [0.3, 0.4) is 0 Å². The number of aliphatic hydroxyl groups is 4. The monoisotopic (exact) mass is 372 g/mol. The van der Waals surface area contributed by atoms with E-state index in [2.05, 4.69) is 23.0 Å². The minimum Gasteiger partial charge on any atom is -0.479 e. The van der Waals surface area contributed by atoms with E-state index in [0.717, 1.165) is 0 Å². The van der Waals surface area contributed by atoms with Crippen LogP contribution >= 0.6 is 0 Å². The molecule has 1 aromatic rings. The van der Waals surface area contributed by atoms with Crippen LogP contribution in [-0.4, -0.2) is 90.5 Å². The Bertz CT molecular complexity index is 561. The van der Waals surface area contributed by atoms with Crippen LogP contribution in [0.2, 0.25) is 0 Å². The Kier molecular flexibility index (Phi) is 8.55. The molecule has 1 saturated heterocycles. The average molecular weight is 372 g/mol. The standard InChI is InChI=1S/C10H14N2.C6H10O8/c1-12-7-3-5-10(12)9-4-2-6-11-8-9;7-1(3(9)5(11)12)2(8)4(10)6(13)14/h2,4,6,8,10H,3,5,7H2,1H3;1-4,7-10H,(H,11,12)(H,13,14)/t;1-,2+,3+,4-. The number of nitrogens with zero attached hydrogens (tertiary/aromatic N) is 2. The second kappa shape index (κ2) is 10.1. The minimum absolute atomic E-state index is 0.610. The second-order valence-corrected chi connectivity index (χ2v) is 5.97. The summed E-state index contributed by atoms with van der Waals surface area (Å²) in [5, 5.41) is 51.5. The number of aliphatic carboxylic acids is 2. The minimum atomic E-state index is -2.36. The smallest absolute Gasteiger partial charge is 0.335 e. The van der Waals surface area contributed by atoms with Crippen molar-refractivity contribution >= 4 is 11.9 Å². The molecule has 1 fully saturated rings. The molecule has 1 aromatic heterocycles. The Labute approximate surface area is 150 Å². The molecule has 6 N–H and O–H groups in total. The first kappa shape index (κ1) is 21.9. The summed E-state index contributed by atoms with van der Waals surface area (Å²) in [5.41, 5.74) is 1.36. The predicted molar refractivity (Wildman–Crippen MR) is 88.1 cm³/mol. The predicted octanol–water partition coefficient (Wildman–Crippen LogP) is -1.55. The van der Waals surface area contributed by atoms with Crippen LogP contribution in [-0.2, 0) is 9.59 Å². The fourth-order valence-corrected chi connectivity index (χ4v) is 2.57. The lowest BCUT2D eigenvalue weighted by atomic mass is 10.0. The lowest BCUT2D eigenvalue weighted by Crippen LogP contribution is -2.49. The number of aliphatic hydroxyl groups excluding tert-OH is 4. The number of carboxylic acid groups (broad SMARTS) is 2. The number of rotatable bonds is 6. The first-order valence-electron chi connectivity index (χ1n) is 7.94. The van der Waals surface area contributed by atoms with E-state index in [9.17, 15) is 9.59 Å². The zero-order chi connectivity index (χ0) is 19.9. The highest BCUT2D eigenvalue weighted by molar-refractivity contribution is 5.75. The largest absolute Gasteiger partial charge is 0.479 e. The van der Waals surface area contributed by atoms with Crippen LogP contribution in [0.5, 0.6) is 0 Å². The van der Waals surface area contributed by atoms with E-state index >= 15 is 0 Å². The van der Waals surface area contributed by atoms with Gasteiger partial charge in [0.25, 0.3) is 0 Å². The molecule has 0 amide bonds. The van der Waals surface area contributed by atoms with Crippen LogP contribution in [0.4, 0.5) is 0 Å². The summed E-state index contributed by atoms with van der Waals surface area (Å²) in [6.45, 7) is 1.22. The van der Waals surface area contributed by atoms with Crippen molar-refractivity contribution in [2.75, 3.05) is 13.6 Å². The normalized spacial score (nSPS) is 21.8. The van der Waals surface area contributed by atoms with Gasteiger partial charge in [0.05, 0.1) is 0 Å². The van der Waals surface area contributed by atoms with Crippen molar-refractivity contribution in [3.05, 3.63) is 30.1 Å². The quantitative estimate of drug-likeness (QED) is 0.343. The van der Waals surface area contributed by atoms with Gasteiger partial charge in [0, 0.05) is 18.4 Å². The number of carboxylic acids is 2. The highest BCUT2D eigenvalue weighted by atomic mass is 16.4. The molecule has 0 aliphatic carbocycles. The van der Waals surface area contributed by atoms with Gasteiger partial charge >= 0.3 is 11.9 Å². The van der Waals surface area contributed by atoms with Crippen molar-refractivity contribution in [1.29, 1.82) is 0 Å². The maximum Gasteiger partial charge on any atom is 0.335 e. The SMILES string of the molecule is CN1CCCC1c1cccnc1.O=C(O)[C@@H](O)[C@H](O)[C@H](O)[C@@H](O)C(=O)O. The molecular formula is C16H24N2O8. The van der Waals surface area contributed by atoms with E-state index in [-0.39, 0.29) is 0 Å². The van der Waals surface area contributed by atoms with Crippen LogP contribution in [0.15, 0.2) is 24.5 Å². The van der Waals surface area contributed by atoms with Gasteiger partial charge in [0.1, 0.15) is 12.2 Å². The third kappa shape index (κ3) is 6.00. The van der Waals surface area contributed by atoms with E-state index in [1.165, 1.54) is 24.9 Å². The molecule has 0 spiro atoms. The van der Waals surface area contributed by atoms with Crippen molar-refractivity contribution in [3.63, 3.8) is 0 Å². The van der Waals surface area contributed by atoms with Gasteiger partial charge in [0.15, 0.2) is 12.2 Å². The number of carbonyl (C=O) groups is 2. The average Bonchev–Trinajstić information content (AvgIpc) is 3.06. The number of hydrogen-bond acceptors (Lipinski definition) is 8. The number of aromatic nitrogens is 1. The molecule has 10 nitrogen and oxygen atoms in total. The highest BCUT2D eigenvalue weighted by Crippen LogP contribution is 2.29. The summed E-state index contributed by atoms with van der Waals surface area (Å²) >= 11 is 0. The number of likely N-dealkylation sites (tertiary alicyclic amines) is 1. The molecule has 1 aliphatic heterocycles. The number of pyridine rings is 1. The fourth-order valence-electron chi connectivity index (χ4n) is 2.57. The zero-order valence-electron chi connectivity index (χ0n) is 14.2. The Morgan fingerprint density at radius 3 is 2.00 bits per heavy atom. The van der Waals surface area contributed by atoms with Crippen molar-refractivity contribution in [3.8, 4) is 0 Å². The lowest BCUT2D eigenvalue weighted by Gasteiger charge is -2.21. The molecule has 2 rings (SSSR count). The van der Waals surface area contributed by atoms with E-state index in [4.69, 9.17) is 30.6 Å². The van der Waals surface area contributed by atoms with Crippen LogP contribution in [0.25, 0.3) is 0 Å². The van der Waals surface area contributed by atoms with Gasteiger partial charge in [-0.25, -0.2) is 9.59 Å². The van der Waals surface area contributed by atoms with Gasteiger partial charge in [-0.05, 0) is 38.1 Å². The summed E-state index contributed by atoms with van der Waals surface area (Å²) in [6.07, 6.45) is -2.88. The zero-order valence-corrected chi connectivity index (χ0v) is 14.2. The van der Waals surface area contributed by atoms with Crippen LogP contribution < -0.4 is 0 Å². The van der Waals surface area contributed by atoms with E-state index in [1.54, 1.807) is 0 Å². The van der Waals surface area contributed by atoms with Gasteiger partial charge in [-0.15, -0.1) is 0 Å². The molecular weight excluding hydrogens is 348 g/mol. The summed E-state index contributed by atoms with van der Waals surface area (Å²) in [5.74, 6) is -3.68. The molecule has 0 radical (unpaired) electrons. The third-order valence-electron chi connectivity index (χ3n) is 4.09. The Hall–Kier alpha value is -2.11. The summed E-state index contributed by atoms with van der Waals surface area (Å²) in [6, 6.07) is 4.79. The molecule has 5 atom stereocenters. The van der Waals surface area contributed by atoms with Crippen molar-refractivity contribution < 1.29 is 40.2 Å². The maximum atomic E-state index is 10.1. The first-order valence-corrected chi connectivity index (χ1v) is 7.94. The second-order valence-electron chi connectivity index (χ2n) is 5.97. The lowest BCUT2D eigenvalue weighted by molar-refractivity contribution is -0.172. The van der Waals surface area contributed by atoms with Gasteiger partial charge in [-0.1, -0.05) is 6.07 Å². The Balaban J connectivity index is 0.000000262. The van der Waals surface area contributed by atoms with Gasteiger partial charge < -0.3 is 30.6 Å². The number of hydrogen-bond donors (Lipinski definition) is 6. The van der Waals surface area contributed by atoms with Crippen molar-refractivity contribution in [2.45, 2.75) is 43.3 Å². The van der Waals surface area contributed by atoms with E-state index in [1.807, 2.05) is 18.5 Å². The molecule has 26 heavy (non-hydrogen) atoms. The van der Waals surface area contributed by atoms with Gasteiger partial charge in [-0.3, -0.25) is 9.88 Å². The summed E-state index contributed by atoms with van der Waals surface area (Å²) in [4.78, 5) is 26.7. The topological polar surface area (TPSA) is 172 Å². The van der Waals surface area contributed by atoms with Gasteiger partial charge in [-0.2, -0.15) is 0 Å². The molecule has 0 aromatic carbocycles. The summed E-state index contributed by atoms with van der Waals surface area (Å²) < 4.78 is 0. The third-order valence-corrected chi connectivity index (χ3v) is 4.09. The van der Waals surface area contributed by atoms with Crippen LogP contribution in [0.1, 0.15) is 24.4 Å². The maximum absolute atomic E-state index is 10.1. The molecule has 10 heteroatoms. The van der Waals surface area contributed by atoms with Crippen molar-refractivity contribution in [1.82, 2.24) is 9.88 Å². The Morgan fingerprint density at radius 1 is 1.12 bits per heavy atom.